The first-order valence-electron chi connectivity index (χ1n) is 10.8. The molecular weight excluding hydrogens is 424 g/mol. The zero-order valence-corrected chi connectivity index (χ0v) is 20.5. The lowest BCUT2D eigenvalue weighted by Gasteiger charge is -2.28. The molecule has 0 aliphatic rings. The van der Waals surface area contributed by atoms with E-state index in [1.165, 1.54) is 4.31 Å². The number of rotatable bonds is 9. The third kappa shape index (κ3) is 5.22. The number of hydrogen-bond donors (Lipinski definition) is 0. The second-order valence-electron chi connectivity index (χ2n) is 8.62. The fourth-order valence-electron chi connectivity index (χ4n) is 3.71. The van der Waals surface area contributed by atoms with Gasteiger partial charge >= 0.3 is 0 Å². The Morgan fingerprint density at radius 2 is 1.75 bits per heavy atom. The van der Waals surface area contributed by atoms with Crippen LogP contribution in [-0.2, 0) is 28.0 Å². The monoisotopic (exact) mass is 456 g/mol. The number of sulfonamides is 1. The van der Waals surface area contributed by atoms with Gasteiger partial charge in [0, 0.05) is 12.1 Å². The van der Waals surface area contributed by atoms with Crippen LogP contribution in [0.25, 0.3) is 0 Å². The van der Waals surface area contributed by atoms with Crippen molar-refractivity contribution in [2.24, 2.45) is 5.92 Å². The molecule has 0 spiro atoms. The number of benzene rings is 2. The molecule has 32 heavy (non-hydrogen) atoms. The minimum absolute atomic E-state index is 0.161. The van der Waals surface area contributed by atoms with Gasteiger partial charge in [-0.25, -0.2) is 8.42 Å². The average Bonchev–Trinajstić information content (AvgIpc) is 3.04. The maximum atomic E-state index is 13.9. The molecule has 3 aromatic rings. The molecular formula is C25H32N2O4S. The van der Waals surface area contributed by atoms with Crippen molar-refractivity contribution >= 4 is 15.7 Å². The molecule has 1 aromatic heterocycles. The van der Waals surface area contributed by atoms with Gasteiger partial charge in [-0.3, -0.25) is 4.31 Å². The Bertz CT molecular complexity index is 1160. The van der Waals surface area contributed by atoms with Gasteiger partial charge in [0.15, 0.2) is 0 Å². The standard InChI is InChI=1S/C25H32N2O4S/c1-17(2)14-27(24-12-11-18(3)13-19(24)4)32(28,29)25-10-8-7-9-22(25)15-30-16-23-20(5)26-31-21(23)6/h7-13,17H,14-16H2,1-6H3. The molecule has 0 bridgehead atoms. The Morgan fingerprint density at radius 1 is 1.03 bits per heavy atom. The molecule has 172 valence electrons. The third-order valence-electron chi connectivity index (χ3n) is 5.38. The van der Waals surface area contributed by atoms with E-state index in [0.29, 0.717) is 30.2 Å². The number of hydrogen-bond acceptors (Lipinski definition) is 5. The Hall–Kier alpha value is -2.64. The van der Waals surface area contributed by atoms with Crippen LogP contribution in [0.1, 0.15) is 47.6 Å². The molecule has 0 unspecified atom stereocenters. The van der Waals surface area contributed by atoms with Gasteiger partial charge in [-0.1, -0.05) is 54.9 Å². The second-order valence-corrected chi connectivity index (χ2v) is 10.5. The van der Waals surface area contributed by atoms with Gasteiger partial charge in [-0.05, 0) is 56.9 Å². The normalized spacial score (nSPS) is 11.8. The first kappa shape index (κ1) is 24.0. The predicted octanol–water partition coefficient (Wildman–Crippen LogP) is 5.48. The first-order chi connectivity index (χ1) is 15.1. The van der Waals surface area contributed by atoms with Gasteiger partial charge in [0.05, 0.1) is 29.5 Å². The van der Waals surface area contributed by atoms with E-state index in [1.807, 2.05) is 65.8 Å². The molecule has 0 N–H and O–H groups in total. The summed E-state index contributed by atoms with van der Waals surface area (Å²) in [6.45, 7) is 12.6. The van der Waals surface area contributed by atoms with Crippen molar-refractivity contribution in [1.29, 1.82) is 0 Å². The van der Waals surface area contributed by atoms with E-state index >= 15 is 0 Å². The highest BCUT2D eigenvalue weighted by atomic mass is 32.2. The van der Waals surface area contributed by atoms with Crippen LogP contribution in [0.4, 0.5) is 5.69 Å². The van der Waals surface area contributed by atoms with E-state index in [1.54, 1.807) is 18.2 Å². The van der Waals surface area contributed by atoms with Crippen LogP contribution in [0, 0.1) is 33.6 Å². The average molecular weight is 457 g/mol. The molecule has 0 saturated heterocycles. The van der Waals surface area contributed by atoms with Crippen LogP contribution < -0.4 is 4.31 Å². The third-order valence-corrected chi connectivity index (χ3v) is 7.26. The maximum absolute atomic E-state index is 13.9. The predicted molar refractivity (Wildman–Crippen MR) is 126 cm³/mol. The summed E-state index contributed by atoms with van der Waals surface area (Å²) >= 11 is 0. The van der Waals surface area contributed by atoms with E-state index in [9.17, 15) is 8.42 Å². The quantitative estimate of drug-likeness (QED) is 0.426. The maximum Gasteiger partial charge on any atom is 0.264 e. The topological polar surface area (TPSA) is 72.6 Å². The van der Waals surface area contributed by atoms with Crippen molar-refractivity contribution < 1.29 is 17.7 Å². The van der Waals surface area contributed by atoms with Crippen molar-refractivity contribution in [2.45, 2.75) is 59.7 Å². The van der Waals surface area contributed by atoms with Crippen molar-refractivity contribution in [3.05, 3.63) is 76.2 Å². The zero-order valence-electron chi connectivity index (χ0n) is 19.7. The summed E-state index contributed by atoms with van der Waals surface area (Å²) in [5, 5.41) is 3.94. The van der Waals surface area contributed by atoms with E-state index < -0.39 is 10.0 Å². The van der Waals surface area contributed by atoms with Crippen molar-refractivity contribution in [3.63, 3.8) is 0 Å². The van der Waals surface area contributed by atoms with Gasteiger partial charge in [0.25, 0.3) is 10.0 Å². The van der Waals surface area contributed by atoms with Crippen LogP contribution >= 0.6 is 0 Å². The zero-order chi connectivity index (χ0) is 23.5. The Morgan fingerprint density at radius 3 is 2.38 bits per heavy atom. The molecule has 0 amide bonds. The second kappa shape index (κ2) is 9.88. The van der Waals surface area contributed by atoms with Crippen LogP contribution in [0.2, 0.25) is 0 Å². The van der Waals surface area contributed by atoms with Gasteiger partial charge in [-0.2, -0.15) is 0 Å². The lowest BCUT2D eigenvalue weighted by atomic mass is 10.1. The fraction of sp³-hybridized carbons (Fsp3) is 0.400. The van der Waals surface area contributed by atoms with Crippen LogP contribution in [0.15, 0.2) is 51.9 Å². The highest BCUT2D eigenvalue weighted by molar-refractivity contribution is 7.92. The summed E-state index contributed by atoms with van der Waals surface area (Å²) in [4.78, 5) is 0.263. The summed E-state index contributed by atoms with van der Waals surface area (Å²) in [7, 11) is -3.79. The minimum Gasteiger partial charge on any atom is -0.372 e. The van der Waals surface area contributed by atoms with Gasteiger partial charge < -0.3 is 9.26 Å². The largest absolute Gasteiger partial charge is 0.372 e. The summed E-state index contributed by atoms with van der Waals surface area (Å²) in [6, 6.07) is 12.9. The summed E-state index contributed by atoms with van der Waals surface area (Å²) in [5.41, 5.74) is 5.03. The van der Waals surface area contributed by atoms with E-state index in [0.717, 1.165) is 22.4 Å². The molecule has 1 heterocycles. The van der Waals surface area contributed by atoms with Crippen molar-refractivity contribution in [3.8, 4) is 0 Å². The Kier molecular flexibility index (Phi) is 7.41. The molecule has 7 heteroatoms. The van der Waals surface area contributed by atoms with Crippen molar-refractivity contribution in [2.75, 3.05) is 10.8 Å². The lowest BCUT2D eigenvalue weighted by Crippen LogP contribution is -2.35. The lowest BCUT2D eigenvalue weighted by molar-refractivity contribution is 0.104. The van der Waals surface area contributed by atoms with Gasteiger partial charge in [-0.15, -0.1) is 0 Å². The molecule has 0 radical (unpaired) electrons. The van der Waals surface area contributed by atoms with Crippen LogP contribution in [0.3, 0.4) is 0 Å². The minimum atomic E-state index is -3.79. The molecule has 0 saturated carbocycles. The summed E-state index contributed by atoms with van der Waals surface area (Å²) in [6.07, 6.45) is 0. The Labute approximate surface area is 191 Å². The van der Waals surface area contributed by atoms with E-state index in [-0.39, 0.29) is 17.4 Å². The van der Waals surface area contributed by atoms with Crippen LogP contribution in [0.5, 0.6) is 0 Å². The number of nitrogens with zero attached hydrogens (tertiary/aromatic N) is 2. The highest BCUT2D eigenvalue weighted by Crippen LogP contribution is 2.30. The SMILES string of the molecule is Cc1ccc(N(CC(C)C)S(=O)(=O)c2ccccc2COCc2c(C)noc2C)c(C)c1. The number of anilines is 1. The molecule has 0 atom stereocenters. The number of ether oxygens (including phenoxy) is 1. The van der Waals surface area contributed by atoms with E-state index in [2.05, 4.69) is 5.16 Å². The fourth-order valence-corrected chi connectivity index (χ4v) is 5.61. The molecule has 0 aliphatic carbocycles. The molecule has 2 aromatic carbocycles. The smallest absolute Gasteiger partial charge is 0.264 e. The first-order valence-corrected chi connectivity index (χ1v) is 12.2. The summed E-state index contributed by atoms with van der Waals surface area (Å²) in [5.74, 6) is 0.870. The molecule has 6 nitrogen and oxygen atoms in total. The molecule has 3 rings (SSSR count). The summed E-state index contributed by atoms with van der Waals surface area (Å²) < 4.78 is 40.3. The molecule has 0 fully saturated rings. The molecule has 0 aliphatic heterocycles. The van der Waals surface area contributed by atoms with Crippen LogP contribution in [-0.4, -0.2) is 20.1 Å². The highest BCUT2D eigenvalue weighted by Gasteiger charge is 2.29. The number of aromatic nitrogens is 1. The number of aryl methyl sites for hydroxylation is 4. The van der Waals surface area contributed by atoms with Gasteiger partial charge in [0.2, 0.25) is 0 Å². The Balaban J connectivity index is 1.93. The van der Waals surface area contributed by atoms with Crippen molar-refractivity contribution in [1.82, 2.24) is 5.16 Å². The van der Waals surface area contributed by atoms with Gasteiger partial charge in [0.1, 0.15) is 5.76 Å². The van der Waals surface area contributed by atoms with E-state index in [4.69, 9.17) is 9.26 Å².